The molecule has 6 heteroatoms. The Balaban J connectivity index is 1.83. The van der Waals surface area contributed by atoms with Crippen LogP contribution in [0.2, 0.25) is 5.02 Å². The van der Waals surface area contributed by atoms with Crippen molar-refractivity contribution in [3.8, 4) is 5.75 Å². The van der Waals surface area contributed by atoms with Crippen LogP contribution in [0, 0.1) is 6.92 Å². The van der Waals surface area contributed by atoms with E-state index >= 15 is 0 Å². The van der Waals surface area contributed by atoms with Gasteiger partial charge >= 0.3 is 0 Å². The smallest absolute Gasteiger partial charge is 0.264 e. The number of halogens is 1. The van der Waals surface area contributed by atoms with Gasteiger partial charge in [0.1, 0.15) is 5.75 Å². The van der Waals surface area contributed by atoms with E-state index < -0.39 is 0 Å². The van der Waals surface area contributed by atoms with Crippen LogP contribution in [0.4, 0.5) is 5.69 Å². The number of carbonyl (C=O) groups is 1. The minimum Gasteiger partial charge on any atom is -0.497 e. The van der Waals surface area contributed by atoms with Gasteiger partial charge in [0.05, 0.1) is 17.7 Å². The molecule has 0 aliphatic carbocycles. The normalized spacial score (nSPS) is 17.4. The molecule has 0 spiro atoms. The summed E-state index contributed by atoms with van der Waals surface area (Å²) in [6.07, 6.45) is 1.83. The monoisotopic (exact) mass is 358 g/mol. The molecule has 0 bridgehead atoms. The Bertz CT molecular complexity index is 845. The third-order valence-corrected chi connectivity index (χ3v) is 4.84. The molecule has 4 nitrogen and oxygen atoms in total. The zero-order valence-electron chi connectivity index (χ0n) is 13.2. The van der Waals surface area contributed by atoms with Crippen LogP contribution in [0.15, 0.2) is 52.4 Å². The van der Waals surface area contributed by atoms with Crippen LogP contribution in [-0.2, 0) is 4.79 Å². The molecular formula is C18H15ClN2O2S. The highest BCUT2D eigenvalue weighted by Crippen LogP contribution is 2.31. The molecular weight excluding hydrogens is 344 g/mol. The lowest BCUT2D eigenvalue weighted by molar-refractivity contribution is -0.115. The van der Waals surface area contributed by atoms with Crippen molar-refractivity contribution in [1.82, 2.24) is 5.32 Å². The number of methoxy groups -OCH3 is 1. The summed E-state index contributed by atoms with van der Waals surface area (Å²) in [7, 11) is 1.62. The summed E-state index contributed by atoms with van der Waals surface area (Å²) in [6.45, 7) is 1.90. The summed E-state index contributed by atoms with van der Waals surface area (Å²) in [4.78, 5) is 17.2. The van der Waals surface area contributed by atoms with E-state index in [0.717, 1.165) is 22.6 Å². The maximum Gasteiger partial charge on any atom is 0.264 e. The minimum atomic E-state index is -0.158. The van der Waals surface area contributed by atoms with Crippen LogP contribution in [0.3, 0.4) is 0 Å². The first-order chi connectivity index (χ1) is 11.6. The second kappa shape index (κ2) is 7.11. The Labute approximate surface area is 149 Å². The predicted molar refractivity (Wildman–Crippen MR) is 100.0 cm³/mol. The molecule has 0 aromatic heterocycles. The van der Waals surface area contributed by atoms with E-state index in [1.54, 1.807) is 7.11 Å². The third kappa shape index (κ3) is 3.63. The van der Waals surface area contributed by atoms with Crippen LogP contribution in [-0.4, -0.2) is 18.2 Å². The number of hydrogen-bond acceptors (Lipinski definition) is 4. The van der Waals surface area contributed by atoms with Crippen LogP contribution in [0.1, 0.15) is 11.1 Å². The van der Waals surface area contributed by atoms with Crippen molar-refractivity contribution < 1.29 is 9.53 Å². The molecule has 1 fully saturated rings. The maximum atomic E-state index is 12.1. The fourth-order valence-corrected chi connectivity index (χ4v) is 3.16. The van der Waals surface area contributed by atoms with Crippen molar-refractivity contribution >= 4 is 46.2 Å². The summed E-state index contributed by atoms with van der Waals surface area (Å²) >= 11 is 7.41. The quantitative estimate of drug-likeness (QED) is 0.819. The summed E-state index contributed by atoms with van der Waals surface area (Å²) in [5.41, 5.74) is 2.55. The van der Waals surface area contributed by atoms with E-state index in [4.69, 9.17) is 16.3 Å². The molecule has 1 aliphatic heterocycles. The molecule has 122 valence electrons. The molecule has 3 rings (SSSR count). The van der Waals surface area contributed by atoms with Crippen LogP contribution in [0.5, 0.6) is 5.75 Å². The third-order valence-electron chi connectivity index (χ3n) is 3.53. The highest BCUT2D eigenvalue weighted by Gasteiger charge is 2.24. The maximum absolute atomic E-state index is 12.1. The summed E-state index contributed by atoms with van der Waals surface area (Å²) < 4.78 is 5.13. The first-order valence-corrected chi connectivity index (χ1v) is 8.45. The van der Waals surface area contributed by atoms with Crippen molar-refractivity contribution in [2.75, 3.05) is 7.11 Å². The van der Waals surface area contributed by atoms with Crippen LogP contribution in [0.25, 0.3) is 6.08 Å². The summed E-state index contributed by atoms with van der Waals surface area (Å²) in [6, 6.07) is 13.0. The van der Waals surface area contributed by atoms with Gasteiger partial charge in [-0.1, -0.05) is 29.8 Å². The number of hydrogen-bond donors (Lipinski definition) is 1. The molecule has 2 aromatic rings. The number of thioether (sulfide) groups is 1. The van der Waals surface area contributed by atoms with Gasteiger partial charge in [0.15, 0.2) is 5.17 Å². The molecule has 0 atom stereocenters. The van der Waals surface area contributed by atoms with E-state index in [9.17, 15) is 4.79 Å². The van der Waals surface area contributed by atoms with Gasteiger partial charge in [-0.25, -0.2) is 4.99 Å². The average molecular weight is 359 g/mol. The minimum absolute atomic E-state index is 0.158. The summed E-state index contributed by atoms with van der Waals surface area (Å²) in [5, 5.41) is 3.98. The number of carbonyl (C=O) groups excluding carboxylic acids is 1. The Morgan fingerprint density at radius 2 is 1.96 bits per heavy atom. The molecule has 1 saturated heterocycles. The fraction of sp³-hybridized carbons (Fsp3) is 0.111. The van der Waals surface area contributed by atoms with Gasteiger partial charge < -0.3 is 10.1 Å². The first kappa shape index (κ1) is 16.6. The van der Waals surface area contributed by atoms with E-state index in [-0.39, 0.29) is 5.91 Å². The van der Waals surface area contributed by atoms with E-state index in [1.165, 1.54) is 11.8 Å². The van der Waals surface area contributed by atoms with Gasteiger partial charge in [-0.3, -0.25) is 4.79 Å². The standard InChI is InChI=1S/C18H15ClN2O2S/c1-11-14(19)4-3-5-15(11)20-18-21-17(22)16(24-18)10-12-6-8-13(23-2)9-7-12/h3-10H,1-2H3,(H,20,21,22)/b16-10+. The molecule has 2 aromatic carbocycles. The van der Waals surface area contributed by atoms with Gasteiger partial charge in [-0.05, 0) is 60.2 Å². The lowest BCUT2D eigenvalue weighted by atomic mass is 10.2. The largest absolute Gasteiger partial charge is 0.497 e. The van der Waals surface area contributed by atoms with Crippen LogP contribution < -0.4 is 10.1 Å². The molecule has 1 amide bonds. The molecule has 24 heavy (non-hydrogen) atoms. The lowest BCUT2D eigenvalue weighted by Crippen LogP contribution is -2.19. The second-order valence-corrected chi connectivity index (χ2v) is 6.58. The van der Waals surface area contributed by atoms with E-state index in [2.05, 4.69) is 10.3 Å². The number of benzene rings is 2. The predicted octanol–water partition coefficient (Wildman–Crippen LogP) is 4.55. The van der Waals surface area contributed by atoms with Crippen LogP contribution >= 0.6 is 23.4 Å². The molecule has 0 radical (unpaired) electrons. The Morgan fingerprint density at radius 1 is 1.21 bits per heavy atom. The van der Waals surface area contributed by atoms with E-state index in [0.29, 0.717) is 15.1 Å². The number of amidine groups is 1. The highest BCUT2D eigenvalue weighted by atomic mass is 35.5. The topological polar surface area (TPSA) is 50.7 Å². The van der Waals surface area contributed by atoms with Gasteiger partial charge in [0, 0.05) is 5.02 Å². The van der Waals surface area contributed by atoms with E-state index in [1.807, 2.05) is 55.5 Å². The Kier molecular flexibility index (Phi) is 4.92. The van der Waals surface area contributed by atoms with Crippen molar-refractivity contribution in [2.45, 2.75) is 6.92 Å². The van der Waals surface area contributed by atoms with Crippen molar-refractivity contribution in [3.63, 3.8) is 0 Å². The van der Waals surface area contributed by atoms with Gasteiger partial charge in [0.25, 0.3) is 5.91 Å². The highest BCUT2D eigenvalue weighted by molar-refractivity contribution is 8.18. The number of nitrogens with one attached hydrogen (secondary N) is 1. The average Bonchev–Trinajstić information content (AvgIpc) is 2.92. The van der Waals surface area contributed by atoms with Crippen molar-refractivity contribution in [2.24, 2.45) is 4.99 Å². The second-order valence-electron chi connectivity index (χ2n) is 5.14. The number of amides is 1. The lowest BCUT2D eigenvalue weighted by Gasteiger charge is -2.02. The first-order valence-electron chi connectivity index (χ1n) is 7.25. The SMILES string of the molecule is COc1ccc(/C=C2/SC(=Nc3cccc(Cl)c3C)NC2=O)cc1. The number of nitrogens with zero attached hydrogens (tertiary/aromatic N) is 1. The zero-order chi connectivity index (χ0) is 17.1. The number of rotatable bonds is 3. The molecule has 0 unspecified atom stereocenters. The number of aliphatic imine (C=N–C) groups is 1. The molecule has 1 N–H and O–H groups in total. The van der Waals surface area contributed by atoms with Crippen molar-refractivity contribution in [3.05, 3.63) is 63.5 Å². The van der Waals surface area contributed by atoms with Gasteiger partial charge in [-0.15, -0.1) is 0 Å². The summed E-state index contributed by atoms with van der Waals surface area (Å²) in [5.74, 6) is 0.619. The Hall–Kier alpha value is -2.24. The number of ether oxygens (including phenoxy) is 1. The molecule has 1 heterocycles. The fourth-order valence-electron chi connectivity index (χ4n) is 2.16. The molecule has 0 saturated carbocycles. The van der Waals surface area contributed by atoms with Gasteiger partial charge in [-0.2, -0.15) is 0 Å². The molecule has 1 aliphatic rings. The zero-order valence-corrected chi connectivity index (χ0v) is 14.7. The van der Waals surface area contributed by atoms with Gasteiger partial charge in [0.2, 0.25) is 0 Å². The van der Waals surface area contributed by atoms with Crippen molar-refractivity contribution in [1.29, 1.82) is 0 Å². The Morgan fingerprint density at radius 3 is 2.67 bits per heavy atom.